The number of carbonyl (C=O) groups is 1. The van der Waals surface area contributed by atoms with Gasteiger partial charge in [-0.15, -0.1) is 0 Å². The molecule has 1 atom stereocenters. The number of carbonyl (C=O) groups excluding carboxylic acids is 1. The van der Waals surface area contributed by atoms with Crippen molar-refractivity contribution >= 4 is 14.4 Å². The van der Waals surface area contributed by atoms with Crippen molar-refractivity contribution in [3.05, 3.63) is 35.9 Å². The molecule has 1 unspecified atom stereocenters. The fourth-order valence-electron chi connectivity index (χ4n) is 1.50. The molecule has 0 aromatic heterocycles. The SMILES string of the molecule is CCOC(=O)C(C)(CCc1ccccc1)P=O. The van der Waals surface area contributed by atoms with Crippen LogP contribution in [0.3, 0.4) is 0 Å². The first kappa shape index (κ1) is 13.9. The van der Waals surface area contributed by atoms with Crippen LogP contribution in [0.1, 0.15) is 25.8 Å². The van der Waals surface area contributed by atoms with E-state index in [-0.39, 0.29) is 8.46 Å². The smallest absolute Gasteiger partial charge is 0.323 e. The molecule has 3 nitrogen and oxygen atoms in total. The zero-order valence-corrected chi connectivity index (χ0v) is 11.1. The van der Waals surface area contributed by atoms with Crippen molar-refractivity contribution in [2.45, 2.75) is 31.8 Å². The summed E-state index contributed by atoms with van der Waals surface area (Å²) in [4.78, 5) is 11.7. The van der Waals surface area contributed by atoms with Crippen LogP contribution in [-0.2, 0) is 20.5 Å². The predicted molar refractivity (Wildman–Crippen MR) is 67.4 cm³/mol. The standard InChI is InChI=1S/C13H17O3P/c1-3-16-12(14)13(2,17-15)10-9-11-7-5-4-6-8-11/h4-8H,3,9-10H2,1-2H3. The highest BCUT2D eigenvalue weighted by molar-refractivity contribution is 7.27. The van der Waals surface area contributed by atoms with Gasteiger partial charge in [0.15, 0.2) is 8.46 Å². The van der Waals surface area contributed by atoms with Crippen molar-refractivity contribution in [3.63, 3.8) is 0 Å². The van der Waals surface area contributed by atoms with Gasteiger partial charge in [0.2, 0.25) is 0 Å². The van der Waals surface area contributed by atoms with E-state index in [1.807, 2.05) is 30.3 Å². The summed E-state index contributed by atoms with van der Waals surface area (Å²) in [6.45, 7) is 3.73. The number of ether oxygens (including phenoxy) is 1. The average molecular weight is 252 g/mol. The first-order valence-electron chi connectivity index (χ1n) is 5.68. The molecule has 0 aliphatic rings. The number of esters is 1. The number of rotatable bonds is 6. The van der Waals surface area contributed by atoms with Crippen molar-refractivity contribution in [3.8, 4) is 0 Å². The molecule has 0 N–H and O–H groups in total. The van der Waals surface area contributed by atoms with E-state index in [9.17, 15) is 9.36 Å². The van der Waals surface area contributed by atoms with E-state index in [1.165, 1.54) is 0 Å². The molecule has 0 saturated heterocycles. The Bertz CT molecular complexity index is 378. The van der Waals surface area contributed by atoms with E-state index in [1.54, 1.807) is 13.8 Å². The van der Waals surface area contributed by atoms with Gasteiger partial charge in [-0.25, -0.2) is 0 Å². The van der Waals surface area contributed by atoms with Gasteiger partial charge >= 0.3 is 5.97 Å². The van der Waals surface area contributed by atoms with Crippen LogP contribution in [0.4, 0.5) is 0 Å². The van der Waals surface area contributed by atoms with Crippen LogP contribution in [0.15, 0.2) is 30.3 Å². The Labute approximate surface area is 103 Å². The van der Waals surface area contributed by atoms with Crippen LogP contribution in [0, 0.1) is 0 Å². The minimum atomic E-state index is -0.939. The van der Waals surface area contributed by atoms with Gasteiger partial charge in [-0.2, -0.15) is 0 Å². The molecule has 0 fully saturated rings. The summed E-state index contributed by atoms with van der Waals surface area (Å²) in [7, 11) is -0.183. The van der Waals surface area contributed by atoms with E-state index < -0.39 is 11.1 Å². The van der Waals surface area contributed by atoms with Gasteiger partial charge in [0.05, 0.1) is 6.61 Å². The third-order valence-corrected chi connectivity index (χ3v) is 3.47. The molecular formula is C13H17O3P. The van der Waals surface area contributed by atoms with Crippen molar-refractivity contribution < 1.29 is 14.1 Å². The molecule has 4 heteroatoms. The lowest BCUT2D eigenvalue weighted by Crippen LogP contribution is -2.31. The molecule has 0 bridgehead atoms. The van der Waals surface area contributed by atoms with E-state index in [0.717, 1.165) is 5.56 Å². The maximum Gasteiger partial charge on any atom is 0.323 e. The Hall–Kier alpha value is -1.21. The van der Waals surface area contributed by atoms with Gasteiger partial charge in [0, 0.05) is 0 Å². The third kappa shape index (κ3) is 3.94. The number of benzene rings is 1. The van der Waals surface area contributed by atoms with E-state index in [4.69, 9.17) is 4.74 Å². The lowest BCUT2D eigenvalue weighted by atomic mass is 10.0. The molecule has 1 aromatic rings. The topological polar surface area (TPSA) is 43.4 Å². The van der Waals surface area contributed by atoms with Gasteiger partial charge in [0.25, 0.3) is 0 Å². The monoisotopic (exact) mass is 252 g/mol. The average Bonchev–Trinajstić information content (AvgIpc) is 2.37. The number of aryl methyl sites for hydroxylation is 1. The fourth-order valence-corrected chi connectivity index (χ4v) is 1.85. The summed E-state index contributed by atoms with van der Waals surface area (Å²) in [5.41, 5.74) is 1.13. The molecule has 0 aliphatic carbocycles. The van der Waals surface area contributed by atoms with Crippen molar-refractivity contribution in [1.29, 1.82) is 0 Å². The summed E-state index contributed by atoms with van der Waals surface area (Å²) < 4.78 is 16.1. The molecule has 0 amide bonds. The minimum Gasteiger partial charge on any atom is -0.465 e. The summed E-state index contributed by atoms with van der Waals surface area (Å²) >= 11 is 0. The van der Waals surface area contributed by atoms with Crippen molar-refractivity contribution in [2.24, 2.45) is 0 Å². The van der Waals surface area contributed by atoms with Gasteiger partial charge in [-0.05, 0) is 32.3 Å². The van der Waals surface area contributed by atoms with E-state index in [0.29, 0.717) is 19.4 Å². The molecule has 1 rings (SSSR count). The molecule has 0 radical (unpaired) electrons. The van der Waals surface area contributed by atoms with E-state index in [2.05, 4.69) is 0 Å². The van der Waals surface area contributed by atoms with Gasteiger partial charge in [0.1, 0.15) is 5.16 Å². The largest absolute Gasteiger partial charge is 0.465 e. The highest BCUT2D eigenvalue weighted by Crippen LogP contribution is 2.29. The second kappa shape index (κ2) is 6.51. The molecule has 0 saturated carbocycles. The summed E-state index contributed by atoms with van der Waals surface area (Å²) in [6, 6.07) is 9.83. The van der Waals surface area contributed by atoms with Gasteiger partial charge in [-0.1, -0.05) is 30.3 Å². The van der Waals surface area contributed by atoms with Crippen LogP contribution in [0.25, 0.3) is 0 Å². The quantitative estimate of drug-likeness (QED) is 0.576. The normalized spacial score (nSPS) is 14.2. The third-order valence-electron chi connectivity index (χ3n) is 2.66. The molecule has 0 heterocycles. The Morgan fingerprint density at radius 1 is 1.35 bits per heavy atom. The summed E-state index contributed by atoms with van der Waals surface area (Å²) in [5.74, 6) is -0.396. The first-order valence-corrected chi connectivity index (χ1v) is 6.49. The maximum absolute atomic E-state index is 11.7. The van der Waals surface area contributed by atoms with Crippen LogP contribution in [0.5, 0.6) is 0 Å². The minimum absolute atomic E-state index is 0.183. The second-order valence-corrected chi connectivity index (χ2v) is 5.24. The van der Waals surface area contributed by atoms with Crippen LogP contribution >= 0.6 is 8.46 Å². The fraction of sp³-hybridized carbons (Fsp3) is 0.462. The Balaban J connectivity index is 2.63. The Morgan fingerprint density at radius 3 is 2.53 bits per heavy atom. The van der Waals surface area contributed by atoms with Crippen LogP contribution in [0.2, 0.25) is 0 Å². The summed E-state index contributed by atoms with van der Waals surface area (Å²) in [6.07, 6.45) is 1.23. The Morgan fingerprint density at radius 2 is 2.00 bits per heavy atom. The van der Waals surface area contributed by atoms with Crippen molar-refractivity contribution in [2.75, 3.05) is 6.61 Å². The van der Waals surface area contributed by atoms with Crippen LogP contribution in [-0.4, -0.2) is 17.7 Å². The second-order valence-electron chi connectivity index (χ2n) is 4.07. The molecule has 0 spiro atoms. The lowest BCUT2D eigenvalue weighted by Gasteiger charge is -2.19. The summed E-state index contributed by atoms with van der Waals surface area (Å²) in [5, 5.41) is -0.939. The highest BCUT2D eigenvalue weighted by Gasteiger charge is 2.35. The number of hydrogen-bond acceptors (Lipinski definition) is 3. The highest BCUT2D eigenvalue weighted by atomic mass is 31.1. The lowest BCUT2D eigenvalue weighted by molar-refractivity contribution is -0.145. The zero-order chi connectivity index (χ0) is 12.7. The van der Waals surface area contributed by atoms with Gasteiger partial charge < -0.3 is 4.74 Å². The Kier molecular flexibility index (Phi) is 5.30. The molecule has 17 heavy (non-hydrogen) atoms. The van der Waals surface area contributed by atoms with Crippen molar-refractivity contribution in [1.82, 2.24) is 0 Å². The predicted octanol–water partition coefficient (Wildman–Crippen LogP) is 3.23. The zero-order valence-electron chi connectivity index (χ0n) is 10.2. The molecule has 1 aromatic carbocycles. The van der Waals surface area contributed by atoms with E-state index >= 15 is 0 Å². The van der Waals surface area contributed by atoms with Crippen LogP contribution < -0.4 is 0 Å². The first-order chi connectivity index (χ1) is 8.12. The van der Waals surface area contributed by atoms with Gasteiger partial charge in [-0.3, -0.25) is 9.36 Å². The maximum atomic E-state index is 11.7. The number of hydrogen-bond donors (Lipinski definition) is 0. The molecule has 92 valence electrons. The molecule has 0 aliphatic heterocycles. The molecular weight excluding hydrogens is 235 g/mol.